The third-order valence-electron chi connectivity index (χ3n) is 27.6. The van der Waals surface area contributed by atoms with Crippen molar-refractivity contribution in [2.45, 2.75) is 283 Å². The summed E-state index contributed by atoms with van der Waals surface area (Å²) in [6, 6.07) is 4.38. The number of Topliss-reactive ketones (excluding diaryl/α,β-unsaturated/α-hetero) is 1. The second kappa shape index (κ2) is 17.6. The van der Waals surface area contributed by atoms with Gasteiger partial charge in [0.15, 0.2) is 0 Å². The maximum atomic E-state index is 15.5. The summed E-state index contributed by atoms with van der Waals surface area (Å²) < 4.78 is 0. The van der Waals surface area contributed by atoms with Gasteiger partial charge in [0.1, 0.15) is 5.78 Å². The first-order chi connectivity index (χ1) is 32.4. The Morgan fingerprint density at radius 2 is 0.567 bits per heavy atom. The monoisotopic (exact) mass is 917 g/mol. The molecule has 0 aromatic heterocycles. The lowest BCUT2D eigenvalue weighted by Gasteiger charge is -2.54. The van der Waals surface area contributed by atoms with Gasteiger partial charge in [0.2, 0.25) is 0 Å². The van der Waals surface area contributed by atoms with Crippen molar-refractivity contribution in [1.82, 2.24) is 9.80 Å². The second-order valence-corrected chi connectivity index (χ2v) is 30.4. The van der Waals surface area contributed by atoms with Gasteiger partial charge in [0, 0.05) is 48.1 Å². The van der Waals surface area contributed by atoms with Crippen molar-refractivity contribution >= 4 is 5.78 Å². The molecular formula is C64H104N2O. The normalized spacial score (nSPS) is 52.1. The number of hydrogen-bond acceptors (Lipinski definition) is 3. The van der Waals surface area contributed by atoms with E-state index in [0.717, 1.165) is 101 Å². The first-order valence-corrected chi connectivity index (χ1v) is 31.5. The smallest absolute Gasteiger partial charge is 0.139 e. The van der Waals surface area contributed by atoms with Gasteiger partial charge in [-0.15, -0.1) is 0 Å². The molecule has 13 rings (SSSR count). The zero-order valence-electron chi connectivity index (χ0n) is 44.6. The van der Waals surface area contributed by atoms with Crippen LogP contribution in [0.1, 0.15) is 247 Å². The van der Waals surface area contributed by atoms with E-state index >= 15 is 4.79 Å². The topological polar surface area (TPSA) is 23.6 Å². The second-order valence-electron chi connectivity index (χ2n) is 30.4. The Bertz CT molecular complexity index is 1730. The van der Waals surface area contributed by atoms with Gasteiger partial charge in [-0.25, -0.2) is 0 Å². The summed E-state index contributed by atoms with van der Waals surface area (Å²) in [4.78, 5) is 22.1. The maximum Gasteiger partial charge on any atom is 0.139 e. The van der Waals surface area contributed by atoms with Gasteiger partial charge < -0.3 is 0 Å². The van der Waals surface area contributed by atoms with E-state index in [-0.39, 0.29) is 0 Å². The van der Waals surface area contributed by atoms with E-state index in [1.165, 1.54) is 205 Å². The van der Waals surface area contributed by atoms with Crippen molar-refractivity contribution in [3.8, 4) is 0 Å². The van der Waals surface area contributed by atoms with Gasteiger partial charge in [-0.1, -0.05) is 99.3 Å². The molecule has 3 heteroatoms. The molecule has 0 spiro atoms. The molecule has 0 amide bonds. The molecule has 13 aliphatic carbocycles. The fourth-order valence-electron chi connectivity index (χ4n) is 25.1. The van der Waals surface area contributed by atoms with Crippen LogP contribution in [0.2, 0.25) is 0 Å². The quantitative estimate of drug-likeness (QED) is 0.265. The summed E-state index contributed by atoms with van der Waals surface area (Å²) in [5, 5.41) is 0. The minimum Gasteiger partial charge on any atom is -0.299 e. The molecule has 13 fully saturated rings. The molecule has 0 aliphatic heterocycles. The lowest BCUT2D eigenvalue weighted by molar-refractivity contribution is -0.127. The van der Waals surface area contributed by atoms with E-state index in [0.29, 0.717) is 52.0 Å². The Kier molecular flexibility index (Phi) is 12.2. The number of rotatable bonds is 6. The molecule has 376 valence electrons. The first-order valence-electron chi connectivity index (χ1n) is 31.5. The highest BCUT2D eigenvalue weighted by atomic mass is 16.1. The predicted molar refractivity (Wildman–Crippen MR) is 276 cm³/mol. The molecule has 21 atom stereocenters. The highest BCUT2D eigenvalue weighted by Gasteiger charge is 2.63. The van der Waals surface area contributed by atoms with E-state index in [1.54, 1.807) is 0 Å². The van der Waals surface area contributed by atoms with Crippen LogP contribution in [-0.2, 0) is 4.79 Å². The Labute approximate surface area is 412 Å². The van der Waals surface area contributed by atoms with Crippen molar-refractivity contribution in [3.05, 3.63) is 0 Å². The lowest BCUT2D eigenvalue weighted by atomic mass is 9.65. The van der Waals surface area contributed by atoms with Crippen molar-refractivity contribution in [1.29, 1.82) is 0 Å². The van der Waals surface area contributed by atoms with Crippen LogP contribution in [-0.4, -0.2) is 51.8 Å². The van der Waals surface area contributed by atoms with Crippen molar-refractivity contribution in [2.24, 2.45) is 111 Å². The predicted octanol–water partition coefficient (Wildman–Crippen LogP) is 16.0. The van der Waals surface area contributed by atoms with Crippen LogP contribution in [0.15, 0.2) is 0 Å². The SMILES string of the molecule is CC1(C)C2CCCCC2C2CCC(N(C3CCCCC3)C3CCC4C(C3)C(=O)C3CC(N(C5CCC6C7CCCCC7C(C)(C)C6C5)C5CCC6C7CCCCC7C(C)(C)C6C5)CCC34)CC21. The van der Waals surface area contributed by atoms with Gasteiger partial charge in [-0.05, 0) is 247 Å². The number of fused-ring (bicyclic) bond motifs is 12. The molecule has 13 saturated carbocycles. The van der Waals surface area contributed by atoms with E-state index in [1.807, 2.05) is 0 Å². The van der Waals surface area contributed by atoms with Gasteiger partial charge >= 0.3 is 0 Å². The standard InChI is InChI=1S/C64H104N2O/c1-62(2)55-21-13-10-18-47(55)50-31-26-42(36-58(50)62)65(39-16-8-7-9-17-39)40-24-29-45-46-30-25-41(35-54(46)61(67)53(45)34-40)66(43-27-32-51-48-19-11-14-22-56(48)63(3,4)59(51)37-43)44-28-33-52-49-20-12-15-23-57(49)64(5,6)60(52)38-44/h39-60H,7-38H2,1-6H3. The largest absolute Gasteiger partial charge is 0.299 e. The average molecular weight is 918 g/mol. The molecule has 67 heavy (non-hydrogen) atoms. The summed E-state index contributed by atoms with van der Waals surface area (Å²) in [6.45, 7) is 16.5. The molecule has 3 nitrogen and oxygen atoms in total. The summed E-state index contributed by atoms with van der Waals surface area (Å²) >= 11 is 0. The van der Waals surface area contributed by atoms with Gasteiger partial charge in [0.25, 0.3) is 0 Å². The molecule has 0 aromatic rings. The number of carbonyl (C=O) groups excluding carboxylic acids is 1. The fourth-order valence-corrected chi connectivity index (χ4v) is 25.1. The summed E-state index contributed by atoms with van der Waals surface area (Å²) in [5.74, 6) is 14.6. The third kappa shape index (κ3) is 7.38. The van der Waals surface area contributed by atoms with E-state index < -0.39 is 0 Å². The van der Waals surface area contributed by atoms with Crippen LogP contribution in [0.5, 0.6) is 0 Å². The van der Waals surface area contributed by atoms with Gasteiger partial charge in [0.05, 0.1) is 0 Å². The molecule has 0 heterocycles. The minimum atomic E-state index is 0.362. The third-order valence-corrected chi connectivity index (χ3v) is 27.6. The molecular weight excluding hydrogens is 813 g/mol. The van der Waals surface area contributed by atoms with Crippen molar-refractivity contribution < 1.29 is 4.79 Å². The van der Waals surface area contributed by atoms with Crippen molar-refractivity contribution in [3.63, 3.8) is 0 Å². The molecule has 0 saturated heterocycles. The first kappa shape index (κ1) is 46.4. The Hall–Kier alpha value is -0.410. The Morgan fingerprint density at radius 1 is 0.284 bits per heavy atom. The highest BCUT2D eigenvalue weighted by Crippen LogP contribution is 2.68. The number of nitrogens with zero attached hydrogens (tertiary/aromatic N) is 2. The van der Waals surface area contributed by atoms with E-state index in [9.17, 15) is 0 Å². The van der Waals surface area contributed by atoms with E-state index in [2.05, 4.69) is 51.3 Å². The van der Waals surface area contributed by atoms with Crippen LogP contribution < -0.4 is 0 Å². The molecule has 21 unspecified atom stereocenters. The summed E-state index contributed by atoms with van der Waals surface area (Å²) in [5.41, 5.74) is 1.52. The summed E-state index contributed by atoms with van der Waals surface area (Å²) in [7, 11) is 0. The summed E-state index contributed by atoms with van der Waals surface area (Å²) in [6.07, 6.45) is 46.6. The molecule has 0 radical (unpaired) electrons. The molecule has 13 aliphatic rings. The molecule has 0 aromatic carbocycles. The highest BCUT2D eigenvalue weighted by molar-refractivity contribution is 5.87. The maximum absolute atomic E-state index is 15.5. The van der Waals surface area contributed by atoms with Gasteiger partial charge in [-0.2, -0.15) is 0 Å². The van der Waals surface area contributed by atoms with E-state index in [4.69, 9.17) is 0 Å². The average Bonchev–Trinajstić information content (AvgIpc) is 3.94. The number of ketones is 1. The fraction of sp³-hybridized carbons (Fsp3) is 0.984. The Morgan fingerprint density at radius 3 is 0.940 bits per heavy atom. The van der Waals surface area contributed by atoms with Crippen LogP contribution in [0, 0.1) is 111 Å². The lowest BCUT2D eigenvalue weighted by Crippen LogP contribution is -2.56. The molecule has 0 N–H and O–H groups in total. The van der Waals surface area contributed by atoms with Crippen LogP contribution in [0.3, 0.4) is 0 Å². The van der Waals surface area contributed by atoms with Gasteiger partial charge in [-0.3, -0.25) is 14.6 Å². The van der Waals surface area contributed by atoms with Crippen LogP contribution in [0.25, 0.3) is 0 Å². The number of carbonyl (C=O) groups is 1. The molecule has 0 bridgehead atoms. The zero-order chi connectivity index (χ0) is 45.6. The van der Waals surface area contributed by atoms with Crippen LogP contribution in [0.4, 0.5) is 0 Å². The Balaban J connectivity index is 0.754. The minimum absolute atomic E-state index is 0.362. The zero-order valence-corrected chi connectivity index (χ0v) is 44.6. The van der Waals surface area contributed by atoms with Crippen LogP contribution >= 0.6 is 0 Å². The number of hydrogen-bond donors (Lipinski definition) is 0. The van der Waals surface area contributed by atoms with Crippen molar-refractivity contribution in [2.75, 3.05) is 0 Å².